The van der Waals surface area contributed by atoms with E-state index in [1.165, 1.54) is 0 Å². The van der Waals surface area contributed by atoms with Gasteiger partial charge in [0.25, 0.3) is 0 Å². The molecule has 7 N–H and O–H groups in total. The zero-order valence-corrected chi connectivity index (χ0v) is 48.4. The van der Waals surface area contributed by atoms with Gasteiger partial charge < -0.3 is 54.1 Å². The summed E-state index contributed by atoms with van der Waals surface area (Å²) in [4.78, 5) is 61.7. The zero-order chi connectivity index (χ0) is 58.7. The number of rotatable bonds is 12. The van der Waals surface area contributed by atoms with Gasteiger partial charge in [-0.05, 0) is 83.6 Å². The van der Waals surface area contributed by atoms with Crippen molar-refractivity contribution in [2.45, 2.75) is 43.3 Å². The lowest BCUT2D eigenvalue weighted by Crippen LogP contribution is -2.36. The fraction of sp³-hybridized carbons (Fsp3) is 0.276. The molecule has 84 heavy (non-hydrogen) atoms. The average Bonchev–Trinajstić information content (AvgIpc) is 3.63. The molecule has 0 radical (unpaired) electrons. The molecule has 10 heterocycles. The lowest BCUT2D eigenvalue weighted by Gasteiger charge is -2.27. The summed E-state index contributed by atoms with van der Waals surface area (Å²) in [5.41, 5.74) is 17.2. The van der Waals surface area contributed by atoms with E-state index >= 15 is 0 Å². The second-order valence-electron chi connectivity index (χ2n) is 19.9. The summed E-state index contributed by atoms with van der Waals surface area (Å²) >= 11 is 16.6. The summed E-state index contributed by atoms with van der Waals surface area (Å²) in [6.07, 6.45) is 9.13. The molecule has 0 unspecified atom stereocenters. The number of nitrogens with one attached hydrogen (secondary N) is 5. The predicted molar refractivity (Wildman–Crippen MR) is 325 cm³/mol. The fourth-order valence-corrected chi connectivity index (χ4v) is 9.59. The number of nitrogens with zero attached hydrogens (tertiary/aromatic N) is 10. The Hall–Kier alpha value is -8.87. The number of amides is 3. The largest absolute Gasteiger partial charge is 0.445 e. The van der Waals surface area contributed by atoms with Gasteiger partial charge in [-0.15, -0.1) is 0 Å². The number of alkyl halides is 3. The van der Waals surface area contributed by atoms with Crippen LogP contribution in [0.25, 0.3) is 67.1 Å². The Morgan fingerprint density at radius 1 is 0.631 bits per heavy atom. The Labute approximate surface area is 497 Å². The Morgan fingerprint density at radius 3 is 1.54 bits per heavy atom. The molecule has 10 aromatic rings. The van der Waals surface area contributed by atoms with Crippen LogP contribution in [0.2, 0.25) is 0 Å². The number of anilines is 6. The molecule has 2 saturated heterocycles. The maximum Gasteiger partial charge on any atom is 0.414 e. The molecule has 0 aliphatic carbocycles. The third-order valence-electron chi connectivity index (χ3n) is 13.4. The van der Waals surface area contributed by atoms with Crippen LogP contribution in [0.3, 0.4) is 0 Å². The second-order valence-corrected chi connectivity index (χ2v) is 22.4. The molecule has 8 aromatic heterocycles. The summed E-state index contributed by atoms with van der Waals surface area (Å²) in [5.74, 6) is 2.49. The van der Waals surface area contributed by atoms with Crippen molar-refractivity contribution in [3.63, 3.8) is 0 Å². The smallest absolute Gasteiger partial charge is 0.414 e. The molecule has 0 atom stereocenters. The monoisotopic (exact) mass is 1200 g/mol. The Bertz CT molecular complexity index is 3800. The first kappa shape index (κ1) is 58.3. The number of morpholine rings is 2. The lowest BCUT2D eigenvalue weighted by atomic mass is 9.99. The number of ether oxygens (including phenoxy) is 3. The van der Waals surface area contributed by atoms with Gasteiger partial charge in [0.05, 0.1) is 37.2 Å². The summed E-state index contributed by atoms with van der Waals surface area (Å²) in [6.45, 7) is 13.7. The maximum atomic E-state index is 12.8. The standard InChI is InChI=1S/C28H28N8O3.C16H17N5O.C14H14Cl3N3O3/c1-17(2)23-24(19-4-3-9-29-15-19)35-39-27(23)34-28(37)32-20-7-5-18(6-8-20)22-14-21-25(33-22)30-16-31-26(21)36-10-12-38-13-11-36;17-12-3-1-11(2-4-12)14-9-13-15(20-14)18-10-19-16(13)21-5-7-22-8-6-21;1-8(2)10-11(9-4-3-5-18-6-9)20-23-12(10)19-13(21)22-7-14(15,16)17/h3-9,14-17H,10-13H2,1-2H3,(H,30,31,33)(H2,32,34,37);1-4,9-10H,5-8,17H2,(H,18,19,20);3-6,8H,7H2,1-2H3,(H,19,21). The number of H-pyrrole nitrogens is 2. The average molecular weight is 1200 g/mol. The van der Waals surface area contributed by atoms with Gasteiger partial charge in [-0.2, -0.15) is 0 Å². The molecule has 2 aromatic carbocycles. The third kappa shape index (κ3) is 14.3. The van der Waals surface area contributed by atoms with Crippen molar-refractivity contribution in [3.05, 3.63) is 133 Å². The SMILES string of the molecule is CC(C)c1c(-c2cccnc2)noc1NC(=O)Nc1ccc(-c2cc3c(N4CCOCC4)ncnc3[nH]2)cc1.CC(C)c1c(-c2cccnc2)noc1NC(=O)OCC(Cl)(Cl)Cl.Nc1ccc(-c2cc3c(N4CCOCC4)ncnc3[nH]2)cc1. The molecule has 12 rings (SSSR count). The molecule has 3 amide bonds. The molecule has 2 aliphatic heterocycles. The maximum absolute atomic E-state index is 12.8. The zero-order valence-electron chi connectivity index (χ0n) is 46.1. The molecule has 2 fully saturated rings. The quantitative estimate of drug-likeness (QED) is 0.0489. The number of aromatic amines is 2. The summed E-state index contributed by atoms with van der Waals surface area (Å²) in [7, 11) is 0. The summed E-state index contributed by atoms with van der Waals surface area (Å²) in [5, 5.41) is 18.3. The van der Waals surface area contributed by atoms with Crippen molar-refractivity contribution in [2.75, 3.05) is 90.7 Å². The number of fused-ring (bicyclic) bond motifs is 2. The van der Waals surface area contributed by atoms with E-state index in [-0.39, 0.29) is 24.3 Å². The second kappa shape index (κ2) is 26.6. The lowest BCUT2D eigenvalue weighted by molar-refractivity contribution is 0.122. The molecule has 2 aliphatic rings. The van der Waals surface area contributed by atoms with Gasteiger partial charge in [0.15, 0.2) is 0 Å². The fourth-order valence-electron chi connectivity index (χ4n) is 9.42. The van der Waals surface area contributed by atoms with E-state index in [0.717, 1.165) is 124 Å². The first-order valence-corrected chi connectivity index (χ1v) is 28.0. The first-order valence-electron chi connectivity index (χ1n) is 26.8. The number of benzene rings is 2. The molecular formula is C58H59Cl3N16O7. The predicted octanol–water partition coefficient (Wildman–Crippen LogP) is 12.1. The number of nitrogen functional groups attached to an aromatic ring is 1. The van der Waals surface area contributed by atoms with Crippen LogP contribution in [0.15, 0.2) is 131 Å². The third-order valence-corrected chi connectivity index (χ3v) is 13.7. The highest BCUT2D eigenvalue weighted by atomic mass is 35.6. The van der Waals surface area contributed by atoms with Crippen molar-refractivity contribution >= 4 is 104 Å². The number of pyridine rings is 2. The molecule has 0 saturated carbocycles. The minimum absolute atomic E-state index is 0.0416. The molecular weight excluding hydrogens is 1140 g/mol. The number of carbonyl (C=O) groups is 2. The molecule has 434 valence electrons. The summed E-state index contributed by atoms with van der Waals surface area (Å²) in [6, 6.07) is 26.5. The molecule has 23 nitrogen and oxygen atoms in total. The van der Waals surface area contributed by atoms with Gasteiger partial charge in [0.2, 0.25) is 15.6 Å². The topological polar surface area (TPSA) is 291 Å². The summed E-state index contributed by atoms with van der Waals surface area (Å²) < 4.78 is 24.8. The molecule has 0 bridgehead atoms. The van der Waals surface area contributed by atoms with Crippen LogP contribution in [-0.2, 0) is 14.2 Å². The van der Waals surface area contributed by atoms with Crippen molar-refractivity contribution in [1.29, 1.82) is 0 Å². The van der Waals surface area contributed by atoms with E-state index in [2.05, 4.69) is 88.1 Å². The van der Waals surface area contributed by atoms with Gasteiger partial charge in [-0.1, -0.05) is 97.1 Å². The number of urea groups is 1. The van der Waals surface area contributed by atoms with Gasteiger partial charge in [0, 0.05) is 96.0 Å². The number of hydrogen-bond acceptors (Lipinski definition) is 18. The number of aromatic nitrogens is 10. The Morgan fingerprint density at radius 2 is 1.10 bits per heavy atom. The van der Waals surface area contributed by atoms with E-state index in [1.54, 1.807) is 43.5 Å². The van der Waals surface area contributed by atoms with Gasteiger partial charge in [-0.25, -0.2) is 29.5 Å². The van der Waals surface area contributed by atoms with Crippen LogP contribution in [0.5, 0.6) is 0 Å². The van der Waals surface area contributed by atoms with Crippen molar-refractivity contribution in [1.82, 2.24) is 50.2 Å². The van der Waals surface area contributed by atoms with Crippen molar-refractivity contribution < 1.29 is 32.8 Å². The number of carbonyl (C=O) groups excluding carboxylic acids is 2. The highest BCUT2D eigenvalue weighted by Crippen LogP contribution is 2.37. The van der Waals surface area contributed by atoms with Gasteiger partial charge in [0.1, 0.15) is 53.6 Å². The van der Waals surface area contributed by atoms with Crippen LogP contribution in [0.1, 0.15) is 50.7 Å². The van der Waals surface area contributed by atoms with Crippen LogP contribution in [-0.4, -0.2) is 125 Å². The van der Waals surface area contributed by atoms with E-state index in [9.17, 15) is 9.59 Å². The Kier molecular flexibility index (Phi) is 18.5. The normalized spacial score (nSPS) is 13.5. The molecule has 0 spiro atoms. The number of hydrogen-bond donors (Lipinski definition) is 6. The van der Waals surface area contributed by atoms with Gasteiger partial charge >= 0.3 is 12.1 Å². The van der Waals surface area contributed by atoms with Crippen LogP contribution < -0.4 is 31.5 Å². The highest BCUT2D eigenvalue weighted by Gasteiger charge is 2.27. The van der Waals surface area contributed by atoms with Crippen LogP contribution in [0, 0.1) is 0 Å². The van der Waals surface area contributed by atoms with Crippen LogP contribution >= 0.6 is 34.8 Å². The van der Waals surface area contributed by atoms with E-state index in [1.807, 2.05) is 94.4 Å². The van der Waals surface area contributed by atoms with Gasteiger partial charge in [-0.3, -0.25) is 20.6 Å². The minimum atomic E-state index is -1.68. The van der Waals surface area contributed by atoms with E-state index < -0.39 is 15.9 Å². The van der Waals surface area contributed by atoms with Crippen LogP contribution in [0.4, 0.5) is 44.4 Å². The van der Waals surface area contributed by atoms with Crippen molar-refractivity contribution in [2.24, 2.45) is 0 Å². The highest BCUT2D eigenvalue weighted by molar-refractivity contribution is 6.67. The molecule has 26 heteroatoms. The Balaban J connectivity index is 0.000000150. The first-order chi connectivity index (χ1) is 40.7. The number of halogens is 3. The van der Waals surface area contributed by atoms with E-state index in [0.29, 0.717) is 36.2 Å². The minimum Gasteiger partial charge on any atom is -0.445 e. The number of nitrogens with two attached hydrogens (primary N) is 1. The van der Waals surface area contributed by atoms with Crippen molar-refractivity contribution in [3.8, 4) is 45.0 Å². The van der Waals surface area contributed by atoms with E-state index in [4.69, 9.17) is 63.8 Å².